The molecule has 1 aliphatic carbocycles. The van der Waals surface area contributed by atoms with Gasteiger partial charge in [0, 0.05) is 49.5 Å². The number of carbonyl (C=O) groups excluding carboxylic acids is 1. The maximum Gasteiger partial charge on any atom is 0.244 e. The zero-order chi connectivity index (χ0) is 26.2. The van der Waals surface area contributed by atoms with E-state index >= 15 is 0 Å². The minimum atomic E-state index is -0.995. The smallest absolute Gasteiger partial charge is 0.244 e. The number of benzene rings is 1. The zero-order valence-electron chi connectivity index (χ0n) is 21.0. The molecule has 0 radical (unpaired) electrons. The van der Waals surface area contributed by atoms with Gasteiger partial charge in [0.05, 0.1) is 17.7 Å². The number of pyridine rings is 1. The normalized spacial score (nSPS) is 22.5. The number of fused-ring (bicyclic) bond motifs is 1. The summed E-state index contributed by atoms with van der Waals surface area (Å²) >= 11 is 6.13. The highest BCUT2D eigenvalue weighted by molar-refractivity contribution is 6.30. The van der Waals surface area contributed by atoms with Crippen molar-refractivity contribution in [2.45, 2.75) is 43.9 Å². The number of ether oxygens (including phenoxy) is 1. The summed E-state index contributed by atoms with van der Waals surface area (Å²) in [6, 6.07) is 9.94. The van der Waals surface area contributed by atoms with E-state index in [9.17, 15) is 9.90 Å². The zero-order valence-corrected chi connectivity index (χ0v) is 21.8. The van der Waals surface area contributed by atoms with E-state index in [0.717, 1.165) is 17.7 Å². The van der Waals surface area contributed by atoms with E-state index in [1.165, 1.54) is 0 Å². The Bertz CT molecular complexity index is 1240. The molecule has 198 valence electrons. The molecule has 0 spiro atoms. The van der Waals surface area contributed by atoms with Crippen LogP contribution in [0.1, 0.15) is 25.8 Å². The maximum absolute atomic E-state index is 14.0. The van der Waals surface area contributed by atoms with Gasteiger partial charge in [-0.15, -0.1) is 5.10 Å². The van der Waals surface area contributed by atoms with Crippen LogP contribution in [0, 0.1) is 0 Å². The summed E-state index contributed by atoms with van der Waals surface area (Å²) in [6.45, 7) is 6.19. The van der Waals surface area contributed by atoms with E-state index in [4.69, 9.17) is 21.4 Å². The molecule has 11 heteroatoms. The van der Waals surface area contributed by atoms with Crippen molar-refractivity contribution in [2.75, 3.05) is 44.3 Å². The van der Waals surface area contributed by atoms with Crippen molar-refractivity contribution < 1.29 is 19.7 Å². The Morgan fingerprint density at radius 3 is 2.65 bits per heavy atom. The number of hydrogen-bond acceptors (Lipinski definition) is 8. The van der Waals surface area contributed by atoms with Crippen molar-refractivity contribution in [1.82, 2.24) is 25.4 Å². The minimum Gasteiger partial charge on any atom is -0.473 e. The first-order chi connectivity index (χ1) is 17.8. The van der Waals surface area contributed by atoms with E-state index < -0.39 is 18.1 Å². The lowest BCUT2D eigenvalue weighted by Crippen LogP contribution is -2.53. The third-order valence-corrected chi connectivity index (χ3v) is 7.43. The lowest BCUT2D eigenvalue weighted by Gasteiger charge is -2.38. The van der Waals surface area contributed by atoms with Crippen LogP contribution in [0.25, 0.3) is 11.0 Å². The number of H-pyrrole nitrogens is 1. The summed E-state index contributed by atoms with van der Waals surface area (Å²) in [5.74, 6) is 0.476. The molecule has 1 aromatic carbocycles. The first-order valence-corrected chi connectivity index (χ1v) is 13.0. The minimum absolute atomic E-state index is 0.0779. The largest absolute Gasteiger partial charge is 0.473 e. The number of piperazine rings is 1. The molecule has 1 amide bonds. The Hall–Kier alpha value is -2.92. The number of rotatable bonds is 9. The van der Waals surface area contributed by atoms with Gasteiger partial charge in [0.25, 0.3) is 0 Å². The molecule has 37 heavy (non-hydrogen) atoms. The fourth-order valence-corrected chi connectivity index (χ4v) is 5.35. The second-order valence-corrected chi connectivity index (χ2v) is 10.5. The summed E-state index contributed by atoms with van der Waals surface area (Å²) in [7, 11) is 0. The lowest BCUT2D eigenvalue weighted by molar-refractivity contribution is -0.134. The third-order valence-electron chi connectivity index (χ3n) is 7.17. The second kappa shape index (κ2) is 10.4. The molecule has 5 rings (SSSR count). The van der Waals surface area contributed by atoms with Gasteiger partial charge >= 0.3 is 0 Å². The number of carbonyl (C=O) groups is 1. The average molecular weight is 529 g/mol. The monoisotopic (exact) mass is 528 g/mol. The number of nitrogens with one attached hydrogen (secondary N) is 2. The molecular formula is C26H33ClN6O4. The number of amides is 1. The van der Waals surface area contributed by atoms with Gasteiger partial charge < -0.3 is 30.1 Å². The average Bonchev–Trinajstić information content (AvgIpc) is 3.46. The van der Waals surface area contributed by atoms with Crippen molar-refractivity contribution >= 4 is 34.2 Å². The highest BCUT2D eigenvalue weighted by Crippen LogP contribution is 2.50. The first kappa shape index (κ1) is 25.7. The number of aromatic nitrogens is 3. The van der Waals surface area contributed by atoms with Crippen LogP contribution >= 0.6 is 11.6 Å². The van der Waals surface area contributed by atoms with Crippen LogP contribution < -0.4 is 15.0 Å². The van der Waals surface area contributed by atoms with Gasteiger partial charge in [-0.05, 0) is 30.2 Å². The molecule has 1 saturated carbocycles. The summed E-state index contributed by atoms with van der Waals surface area (Å²) in [5, 5.41) is 30.8. The number of aliphatic hydroxyl groups is 2. The van der Waals surface area contributed by atoms with Gasteiger partial charge in [0.1, 0.15) is 18.1 Å². The van der Waals surface area contributed by atoms with Crippen LogP contribution in [0.5, 0.6) is 5.88 Å². The predicted octanol–water partition coefficient (Wildman–Crippen LogP) is 1.70. The van der Waals surface area contributed by atoms with Crippen LogP contribution in [0.15, 0.2) is 36.5 Å². The van der Waals surface area contributed by atoms with Gasteiger partial charge in [0.15, 0.2) is 5.65 Å². The Labute approximate surface area is 220 Å². The number of aliphatic hydroxyl groups excluding tert-OH is 2. The SMILES string of the molecule is CC(C)N[C@@H]1CC1(C(=O)N1CCN(c2ccnc3[nH]nc(OCC(O)CO)c23)CC1)c1ccc(Cl)cc1. The van der Waals surface area contributed by atoms with Crippen molar-refractivity contribution in [3.63, 3.8) is 0 Å². The van der Waals surface area contributed by atoms with Crippen LogP contribution in [0.3, 0.4) is 0 Å². The second-order valence-electron chi connectivity index (χ2n) is 10.1. The highest BCUT2D eigenvalue weighted by atomic mass is 35.5. The molecule has 2 aromatic heterocycles. The molecule has 1 saturated heterocycles. The number of aromatic amines is 1. The Kier molecular flexibility index (Phi) is 7.26. The summed E-state index contributed by atoms with van der Waals surface area (Å²) in [5.41, 5.74) is 1.91. The summed E-state index contributed by atoms with van der Waals surface area (Å²) < 4.78 is 5.66. The van der Waals surface area contributed by atoms with E-state index in [1.807, 2.05) is 35.2 Å². The standard InChI is InChI=1S/C26H33ClN6O4/c1-16(2)29-21-13-26(21,17-3-5-18(27)6-4-17)25(36)33-11-9-32(10-12-33)20-7-8-28-23-22(20)24(31-30-23)37-15-19(35)14-34/h3-8,16,19,21,29,34-35H,9-15H2,1-2H3,(H,28,30,31)/t19?,21-,26?/m1/s1. The molecule has 2 aliphatic rings. The number of anilines is 1. The molecule has 3 atom stereocenters. The van der Waals surface area contributed by atoms with E-state index in [2.05, 4.69) is 39.2 Å². The molecular weight excluding hydrogens is 496 g/mol. The van der Waals surface area contributed by atoms with Crippen LogP contribution in [-0.4, -0.2) is 93.8 Å². The van der Waals surface area contributed by atoms with Crippen molar-refractivity contribution in [3.05, 3.63) is 47.1 Å². The van der Waals surface area contributed by atoms with Gasteiger partial charge in [-0.1, -0.05) is 37.6 Å². The molecule has 0 bridgehead atoms. The Morgan fingerprint density at radius 2 is 1.97 bits per heavy atom. The Balaban J connectivity index is 1.32. The fourth-order valence-electron chi connectivity index (χ4n) is 5.23. The van der Waals surface area contributed by atoms with Gasteiger partial charge in [0.2, 0.25) is 11.8 Å². The number of hydrogen-bond donors (Lipinski definition) is 4. The van der Waals surface area contributed by atoms with Crippen LogP contribution in [0.2, 0.25) is 5.02 Å². The summed E-state index contributed by atoms with van der Waals surface area (Å²) in [6.07, 6.45) is 1.49. The molecule has 2 unspecified atom stereocenters. The Morgan fingerprint density at radius 1 is 1.24 bits per heavy atom. The lowest BCUT2D eigenvalue weighted by atomic mass is 9.92. The van der Waals surface area contributed by atoms with Crippen molar-refractivity contribution in [1.29, 1.82) is 0 Å². The van der Waals surface area contributed by atoms with E-state index in [-0.39, 0.29) is 24.6 Å². The first-order valence-electron chi connectivity index (χ1n) is 12.6. The van der Waals surface area contributed by atoms with E-state index in [1.54, 1.807) is 6.20 Å². The highest BCUT2D eigenvalue weighted by Gasteiger charge is 2.62. The number of nitrogens with zero attached hydrogens (tertiary/aromatic N) is 4. The van der Waals surface area contributed by atoms with Gasteiger partial charge in [-0.3, -0.25) is 9.89 Å². The number of halogens is 1. The molecule has 1 aliphatic heterocycles. The molecule has 4 N–H and O–H groups in total. The quantitative estimate of drug-likeness (QED) is 0.330. The third kappa shape index (κ3) is 4.98. The van der Waals surface area contributed by atoms with Crippen LogP contribution in [0.4, 0.5) is 5.69 Å². The fraction of sp³-hybridized carbons (Fsp3) is 0.500. The van der Waals surface area contributed by atoms with Gasteiger partial charge in [-0.2, -0.15) is 0 Å². The summed E-state index contributed by atoms with van der Waals surface area (Å²) in [4.78, 5) is 22.5. The molecule has 3 aromatic rings. The van der Waals surface area contributed by atoms with Crippen LogP contribution in [-0.2, 0) is 10.2 Å². The van der Waals surface area contributed by atoms with Crippen molar-refractivity contribution in [2.24, 2.45) is 0 Å². The predicted molar refractivity (Wildman–Crippen MR) is 141 cm³/mol. The van der Waals surface area contributed by atoms with Gasteiger partial charge in [-0.25, -0.2) is 4.98 Å². The molecule has 3 heterocycles. The molecule has 2 fully saturated rings. The topological polar surface area (TPSA) is 127 Å². The van der Waals surface area contributed by atoms with Crippen molar-refractivity contribution in [3.8, 4) is 5.88 Å². The maximum atomic E-state index is 14.0. The van der Waals surface area contributed by atoms with E-state index in [0.29, 0.717) is 48.1 Å². The molecule has 10 nitrogen and oxygen atoms in total.